The van der Waals surface area contributed by atoms with E-state index in [4.69, 9.17) is 46.4 Å². The molecule has 3 nitrogen and oxygen atoms in total. The molecule has 3 rings (SSSR count). The predicted octanol–water partition coefficient (Wildman–Crippen LogP) is 5.17. The lowest BCUT2D eigenvalue weighted by atomic mass is 10.1. The maximum atomic E-state index is 12.6. The molecule has 1 aliphatic heterocycles. The van der Waals surface area contributed by atoms with E-state index in [1.807, 2.05) is 0 Å². The Kier molecular flexibility index (Phi) is 4.88. The summed E-state index contributed by atoms with van der Waals surface area (Å²) in [5, 5.41) is 1.26. The molecular weight excluding hydrogens is 392 g/mol. The van der Waals surface area contributed by atoms with E-state index in [0.29, 0.717) is 26.2 Å². The van der Waals surface area contributed by atoms with E-state index in [1.165, 1.54) is 0 Å². The summed E-state index contributed by atoms with van der Waals surface area (Å²) in [6.07, 6.45) is 0. The Morgan fingerprint density at radius 1 is 0.750 bits per heavy atom. The quantitative estimate of drug-likeness (QED) is 0.666. The van der Waals surface area contributed by atoms with Gasteiger partial charge in [-0.25, -0.2) is 0 Å². The van der Waals surface area contributed by atoms with Gasteiger partial charge in [-0.3, -0.25) is 14.5 Å². The van der Waals surface area contributed by atoms with Crippen molar-refractivity contribution in [2.24, 2.45) is 0 Å². The van der Waals surface area contributed by atoms with E-state index < -0.39 is 11.8 Å². The average molecular weight is 401 g/mol. The highest BCUT2D eigenvalue weighted by molar-refractivity contribution is 6.55. The third-order valence-corrected chi connectivity index (χ3v) is 4.55. The van der Waals surface area contributed by atoms with Crippen molar-refractivity contribution in [3.8, 4) is 0 Å². The molecule has 2 aromatic carbocycles. The van der Waals surface area contributed by atoms with Crippen LogP contribution in [0.1, 0.15) is 11.1 Å². The minimum atomic E-state index is -0.553. The Bertz CT molecular complexity index is 854. The number of hydrogen-bond acceptors (Lipinski definition) is 2. The zero-order valence-corrected chi connectivity index (χ0v) is 15.0. The molecule has 1 aliphatic rings. The highest BCUT2D eigenvalue weighted by Gasteiger charge is 2.38. The van der Waals surface area contributed by atoms with Crippen molar-refractivity contribution in [1.82, 2.24) is 4.90 Å². The van der Waals surface area contributed by atoms with Crippen molar-refractivity contribution >= 4 is 63.8 Å². The zero-order chi connectivity index (χ0) is 17.4. The Hall–Kier alpha value is -1.52. The first-order valence-corrected chi connectivity index (χ1v) is 8.35. The summed E-state index contributed by atoms with van der Waals surface area (Å²) in [7, 11) is 0. The molecule has 0 unspecified atom stereocenters. The van der Waals surface area contributed by atoms with Crippen molar-refractivity contribution in [3.05, 3.63) is 73.7 Å². The van der Waals surface area contributed by atoms with Gasteiger partial charge in [-0.2, -0.15) is 0 Å². The topological polar surface area (TPSA) is 37.4 Å². The monoisotopic (exact) mass is 399 g/mol. The second-order valence-electron chi connectivity index (χ2n) is 5.17. The maximum absolute atomic E-state index is 12.6. The number of amides is 2. The fourth-order valence-electron chi connectivity index (χ4n) is 2.44. The largest absolute Gasteiger partial charge is 0.273 e. The van der Waals surface area contributed by atoms with Gasteiger partial charge in [-0.15, -0.1) is 0 Å². The van der Waals surface area contributed by atoms with E-state index in [0.717, 1.165) is 4.90 Å². The summed E-state index contributed by atoms with van der Waals surface area (Å²) >= 11 is 23.9. The molecule has 1 heterocycles. The van der Waals surface area contributed by atoms with Gasteiger partial charge in [0.15, 0.2) is 0 Å². The molecular formula is C17H9Cl4NO2. The van der Waals surface area contributed by atoms with Gasteiger partial charge in [0.1, 0.15) is 5.03 Å². The molecule has 0 saturated carbocycles. The van der Waals surface area contributed by atoms with Gasteiger partial charge in [0, 0.05) is 15.1 Å². The van der Waals surface area contributed by atoms with Crippen LogP contribution in [0.4, 0.5) is 0 Å². The molecule has 0 saturated heterocycles. The first kappa shape index (κ1) is 17.3. The van der Waals surface area contributed by atoms with Crippen LogP contribution in [-0.4, -0.2) is 16.7 Å². The normalized spacial score (nSPS) is 14.8. The molecule has 0 fully saturated rings. The van der Waals surface area contributed by atoms with Gasteiger partial charge in [0.2, 0.25) is 0 Å². The maximum Gasteiger partial charge on any atom is 0.273 e. The summed E-state index contributed by atoms with van der Waals surface area (Å²) in [5.74, 6) is -1.02. The smallest absolute Gasteiger partial charge is 0.269 e. The minimum Gasteiger partial charge on any atom is -0.269 e. The molecule has 7 heteroatoms. The third kappa shape index (κ3) is 3.31. The first-order valence-electron chi connectivity index (χ1n) is 6.83. The third-order valence-electron chi connectivity index (χ3n) is 3.51. The van der Waals surface area contributed by atoms with Crippen molar-refractivity contribution in [2.45, 2.75) is 6.54 Å². The molecule has 0 aromatic heterocycles. The lowest BCUT2D eigenvalue weighted by Gasteiger charge is -2.15. The summed E-state index contributed by atoms with van der Waals surface area (Å²) in [6, 6.07) is 11.4. The molecule has 0 spiro atoms. The van der Waals surface area contributed by atoms with Crippen LogP contribution in [0.2, 0.25) is 15.1 Å². The van der Waals surface area contributed by atoms with Gasteiger partial charge in [0.25, 0.3) is 11.8 Å². The standard InChI is InChI=1S/C17H9Cl4NO2/c18-11-3-1-10(2-4-11)14-15(21)17(24)22(16(14)23)8-9-5-12(19)7-13(20)6-9/h1-7H,8H2. The van der Waals surface area contributed by atoms with Gasteiger partial charge in [-0.1, -0.05) is 58.5 Å². The number of nitrogens with zero attached hydrogens (tertiary/aromatic N) is 1. The second kappa shape index (κ2) is 6.77. The summed E-state index contributed by atoms with van der Waals surface area (Å²) < 4.78 is 0. The first-order chi connectivity index (χ1) is 11.4. The van der Waals surface area contributed by atoms with Gasteiger partial charge >= 0.3 is 0 Å². The van der Waals surface area contributed by atoms with Crippen molar-refractivity contribution in [2.75, 3.05) is 0 Å². The number of benzene rings is 2. The Morgan fingerprint density at radius 2 is 1.33 bits per heavy atom. The van der Waals surface area contributed by atoms with Crippen LogP contribution >= 0.6 is 46.4 Å². The molecule has 0 atom stereocenters. The van der Waals surface area contributed by atoms with Gasteiger partial charge < -0.3 is 0 Å². The highest BCUT2D eigenvalue weighted by atomic mass is 35.5. The Balaban J connectivity index is 1.92. The fraction of sp³-hybridized carbons (Fsp3) is 0.0588. The van der Waals surface area contributed by atoms with E-state index in [-0.39, 0.29) is 17.2 Å². The van der Waals surface area contributed by atoms with Crippen LogP contribution in [0.3, 0.4) is 0 Å². The average Bonchev–Trinajstić information content (AvgIpc) is 2.71. The lowest BCUT2D eigenvalue weighted by Crippen LogP contribution is -2.30. The van der Waals surface area contributed by atoms with Crippen LogP contribution in [0.15, 0.2) is 47.5 Å². The molecule has 2 amide bonds. The number of carbonyl (C=O) groups is 2. The van der Waals surface area contributed by atoms with Gasteiger partial charge in [0.05, 0.1) is 12.1 Å². The van der Waals surface area contributed by atoms with Crippen molar-refractivity contribution < 1.29 is 9.59 Å². The van der Waals surface area contributed by atoms with Crippen LogP contribution in [0, 0.1) is 0 Å². The SMILES string of the molecule is O=C1C(Cl)=C(c2ccc(Cl)cc2)C(=O)N1Cc1cc(Cl)cc(Cl)c1. The minimum absolute atomic E-state index is 0.0330. The van der Waals surface area contributed by atoms with E-state index in [2.05, 4.69) is 0 Å². The molecule has 0 radical (unpaired) electrons. The van der Waals surface area contributed by atoms with Crippen molar-refractivity contribution in [1.29, 1.82) is 0 Å². The van der Waals surface area contributed by atoms with Crippen LogP contribution in [0.25, 0.3) is 5.57 Å². The highest BCUT2D eigenvalue weighted by Crippen LogP contribution is 2.33. The number of rotatable bonds is 3. The number of imide groups is 1. The predicted molar refractivity (Wildman–Crippen MR) is 96.2 cm³/mol. The van der Waals surface area contributed by atoms with Crippen LogP contribution < -0.4 is 0 Å². The van der Waals surface area contributed by atoms with E-state index >= 15 is 0 Å². The molecule has 0 bridgehead atoms. The summed E-state index contributed by atoms with van der Waals surface area (Å²) in [5.41, 5.74) is 1.33. The molecule has 0 N–H and O–H groups in total. The second-order valence-corrected chi connectivity index (χ2v) is 6.86. The molecule has 24 heavy (non-hydrogen) atoms. The Labute approximate surface area is 158 Å². The number of carbonyl (C=O) groups excluding carboxylic acids is 2. The summed E-state index contributed by atoms with van der Waals surface area (Å²) in [4.78, 5) is 26.1. The van der Waals surface area contributed by atoms with Crippen LogP contribution in [0.5, 0.6) is 0 Å². The fourth-order valence-corrected chi connectivity index (χ4v) is 3.43. The van der Waals surface area contributed by atoms with Crippen LogP contribution in [-0.2, 0) is 16.1 Å². The van der Waals surface area contributed by atoms with Crippen molar-refractivity contribution in [3.63, 3.8) is 0 Å². The Morgan fingerprint density at radius 3 is 1.92 bits per heavy atom. The number of halogens is 4. The van der Waals surface area contributed by atoms with Gasteiger partial charge in [-0.05, 0) is 41.5 Å². The molecule has 2 aromatic rings. The van der Waals surface area contributed by atoms with E-state index in [9.17, 15) is 9.59 Å². The summed E-state index contributed by atoms with van der Waals surface area (Å²) in [6.45, 7) is 0.0330. The molecule has 122 valence electrons. The molecule has 0 aliphatic carbocycles. The number of hydrogen-bond donors (Lipinski definition) is 0. The lowest BCUT2D eigenvalue weighted by molar-refractivity contribution is -0.137. The van der Waals surface area contributed by atoms with E-state index in [1.54, 1.807) is 42.5 Å². The zero-order valence-electron chi connectivity index (χ0n) is 12.0.